The van der Waals surface area contributed by atoms with E-state index < -0.39 is 0 Å². The molecule has 1 heterocycles. The van der Waals surface area contributed by atoms with Crippen LogP contribution in [0.1, 0.15) is 25.8 Å². The fourth-order valence-electron chi connectivity index (χ4n) is 2.22. The fraction of sp³-hybridized carbons (Fsp3) is 0.625. The molecule has 0 radical (unpaired) electrons. The summed E-state index contributed by atoms with van der Waals surface area (Å²) >= 11 is 6.12. The van der Waals surface area contributed by atoms with Crippen LogP contribution in [-0.4, -0.2) is 37.8 Å². The molecule has 0 saturated carbocycles. The number of ether oxygens (including phenoxy) is 2. The van der Waals surface area contributed by atoms with E-state index in [2.05, 4.69) is 18.7 Å². The van der Waals surface area contributed by atoms with Gasteiger partial charge in [0.05, 0.1) is 19.8 Å². The molecule has 1 aliphatic heterocycles. The highest BCUT2D eigenvalue weighted by Crippen LogP contribution is 2.25. The van der Waals surface area contributed by atoms with Crippen LogP contribution in [0.2, 0.25) is 5.02 Å². The van der Waals surface area contributed by atoms with Gasteiger partial charge in [-0.1, -0.05) is 25.4 Å². The van der Waals surface area contributed by atoms with Gasteiger partial charge in [-0.2, -0.15) is 0 Å². The van der Waals surface area contributed by atoms with Crippen molar-refractivity contribution in [1.82, 2.24) is 4.90 Å². The summed E-state index contributed by atoms with van der Waals surface area (Å²) in [6.07, 6.45) is 1.07. The van der Waals surface area contributed by atoms with Gasteiger partial charge in [0.15, 0.2) is 0 Å². The van der Waals surface area contributed by atoms with Gasteiger partial charge in [0.1, 0.15) is 5.75 Å². The van der Waals surface area contributed by atoms with E-state index in [4.69, 9.17) is 21.1 Å². The normalized spacial score (nSPS) is 15.8. The highest BCUT2D eigenvalue weighted by molar-refractivity contribution is 6.30. The van der Waals surface area contributed by atoms with Crippen molar-refractivity contribution < 1.29 is 21.9 Å². The Balaban J connectivity index is 0.00000220. The number of rotatable bonds is 6. The molecule has 0 aliphatic carbocycles. The minimum Gasteiger partial charge on any atom is -1.00 e. The molecule has 5 heteroatoms. The third-order valence-electron chi connectivity index (χ3n) is 3.47. The minimum absolute atomic E-state index is 0. The Kier molecular flexibility index (Phi) is 8.42. The maximum Gasteiger partial charge on any atom is 0.123 e. The second-order valence-electron chi connectivity index (χ2n) is 5.67. The number of benzene rings is 1. The van der Waals surface area contributed by atoms with Crippen LogP contribution in [0.15, 0.2) is 18.2 Å². The second-order valence-corrected chi connectivity index (χ2v) is 6.11. The largest absolute Gasteiger partial charge is 1.00 e. The van der Waals surface area contributed by atoms with Crippen molar-refractivity contribution >= 4 is 11.6 Å². The number of morpholine rings is 1. The van der Waals surface area contributed by atoms with E-state index in [-0.39, 0.29) is 12.4 Å². The van der Waals surface area contributed by atoms with Gasteiger partial charge in [-0.3, -0.25) is 4.90 Å². The van der Waals surface area contributed by atoms with Gasteiger partial charge < -0.3 is 21.9 Å². The molecule has 0 atom stereocenters. The lowest BCUT2D eigenvalue weighted by Gasteiger charge is -2.27. The van der Waals surface area contributed by atoms with Crippen molar-refractivity contribution in [2.24, 2.45) is 5.92 Å². The van der Waals surface area contributed by atoms with Crippen molar-refractivity contribution in [3.63, 3.8) is 0 Å². The topological polar surface area (TPSA) is 21.7 Å². The second kappa shape index (κ2) is 9.52. The summed E-state index contributed by atoms with van der Waals surface area (Å²) in [4.78, 5) is 2.38. The Morgan fingerprint density at radius 3 is 2.67 bits per heavy atom. The van der Waals surface area contributed by atoms with E-state index >= 15 is 0 Å². The molecular formula is C16H24Cl2NO2-. The molecule has 0 spiro atoms. The van der Waals surface area contributed by atoms with E-state index in [1.165, 1.54) is 5.56 Å². The highest BCUT2D eigenvalue weighted by Gasteiger charge is 2.14. The SMILES string of the molecule is CC(C)CCOc1ccc(Cl)cc1CN1CCOCC1.[Cl-]. The lowest BCUT2D eigenvalue weighted by Crippen LogP contribution is -3.00. The first kappa shape index (κ1) is 18.6. The predicted octanol–water partition coefficient (Wildman–Crippen LogP) is 0.601. The van der Waals surface area contributed by atoms with Crippen LogP contribution < -0.4 is 17.1 Å². The number of hydrogen-bond acceptors (Lipinski definition) is 3. The van der Waals surface area contributed by atoms with E-state index in [9.17, 15) is 0 Å². The lowest BCUT2D eigenvalue weighted by atomic mass is 10.1. The number of hydrogen-bond donors (Lipinski definition) is 0. The summed E-state index contributed by atoms with van der Waals surface area (Å²) in [7, 11) is 0. The Bertz CT molecular complexity index is 421. The summed E-state index contributed by atoms with van der Waals surface area (Å²) in [5, 5.41) is 0.768. The van der Waals surface area contributed by atoms with E-state index in [0.29, 0.717) is 5.92 Å². The minimum atomic E-state index is 0. The van der Waals surface area contributed by atoms with Crippen LogP contribution in [0.5, 0.6) is 5.75 Å². The molecule has 0 bridgehead atoms. The van der Waals surface area contributed by atoms with Crippen LogP contribution in [0, 0.1) is 5.92 Å². The summed E-state index contributed by atoms with van der Waals surface area (Å²) in [6, 6.07) is 5.90. The van der Waals surface area contributed by atoms with E-state index in [1.807, 2.05) is 18.2 Å². The molecule has 0 N–H and O–H groups in total. The zero-order chi connectivity index (χ0) is 14.4. The molecule has 3 nitrogen and oxygen atoms in total. The maximum atomic E-state index is 6.12. The quantitative estimate of drug-likeness (QED) is 0.761. The van der Waals surface area contributed by atoms with E-state index in [1.54, 1.807) is 0 Å². The van der Waals surface area contributed by atoms with Crippen molar-refractivity contribution in [2.75, 3.05) is 32.9 Å². The Morgan fingerprint density at radius 1 is 1.29 bits per heavy atom. The smallest absolute Gasteiger partial charge is 0.123 e. The van der Waals surface area contributed by atoms with Gasteiger partial charge in [0, 0.05) is 30.2 Å². The zero-order valence-electron chi connectivity index (χ0n) is 12.8. The monoisotopic (exact) mass is 332 g/mol. The molecule has 0 unspecified atom stereocenters. The molecule has 1 fully saturated rings. The molecule has 2 rings (SSSR count). The average molecular weight is 333 g/mol. The third kappa shape index (κ3) is 6.43. The van der Waals surface area contributed by atoms with Crippen LogP contribution in [0.4, 0.5) is 0 Å². The van der Waals surface area contributed by atoms with Crippen LogP contribution in [0.25, 0.3) is 0 Å². The molecule has 1 saturated heterocycles. The van der Waals surface area contributed by atoms with Gasteiger partial charge in [-0.15, -0.1) is 0 Å². The number of nitrogens with zero attached hydrogens (tertiary/aromatic N) is 1. The molecule has 1 aromatic rings. The van der Waals surface area contributed by atoms with Crippen molar-refractivity contribution in [1.29, 1.82) is 0 Å². The highest BCUT2D eigenvalue weighted by atomic mass is 35.5. The average Bonchev–Trinajstić information content (AvgIpc) is 2.42. The Morgan fingerprint density at radius 2 is 2.00 bits per heavy atom. The lowest BCUT2D eigenvalue weighted by molar-refractivity contribution is -0.00000666. The van der Waals surface area contributed by atoms with Crippen molar-refractivity contribution in [2.45, 2.75) is 26.8 Å². The molecule has 120 valence electrons. The van der Waals surface area contributed by atoms with Gasteiger partial charge in [0.2, 0.25) is 0 Å². The maximum absolute atomic E-state index is 6.12. The molecule has 0 amide bonds. The van der Waals surface area contributed by atoms with Crippen LogP contribution >= 0.6 is 11.6 Å². The summed E-state index contributed by atoms with van der Waals surface area (Å²) in [6.45, 7) is 9.61. The van der Waals surface area contributed by atoms with Gasteiger partial charge in [0.25, 0.3) is 0 Å². The van der Waals surface area contributed by atoms with Crippen molar-refractivity contribution in [3.05, 3.63) is 28.8 Å². The van der Waals surface area contributed by atoms with Gasteiger partial charge >= 0.3 is 0 Å². The first-order valence-corrected chi connectivity index (χ1v) is 7.74. The van der Waals surface area contributed by atoms with Crippen LogP contribution in [-0.2, 0) is 11.3 Å². The van der Waals surface area contributed by atoms with Crippen LogP contribution in [0.3, 0.4) is 0 Å². The summed E-state index contributed by atoms with van der Waals surface area (Å²) in [5.41, 5.74) is 1.17. The Labute approximate surface area is 139 Å². The molecule has 1 aliphatic rings. The standard InChI is InChI=1S/C16H24ClNO2.ClH/c1-13(2)5-8-20-16-4-3-15(17)11-14(16)12-18-6-9-19-10-7-18;/h3-4,11,13H,5-10,12H2,1-2H3;1H/p-1. The molecule has 1 aromatic carbocycles. The number of halogens is 2. The molecular weight excluding hydrogens is 309 g/mol. The Hall–Kier alpha value is -0.480. The third-order valence-corrected chi connectivity index (χ3v) is 3.71. The fourth-order valence-corrected chi connectivity index (χ4v) is 2.41. The predicted molar refractivity (Wildman–Crippen MR) is 82.5 cm³/mol. The molecule has 0 aromatic heterocycles. The van der Waals surface area contributed by atoms with Gasteiger partial charge in [-0.25, -0.2) is 0 Å². The summed E-state index contributed by atoms with van der Waals surface area (Å²) in [5.74, 6) is 1.62. The van der Waals surface area contributed by atoms with Gasteiger partial charge in [-0.05, 0) is 30.5 Å². The van der Waals surface area contributed by atoms with E-state index in [0.717, 1.165) is 56.6 Å². The molecule has 21 heavy (non-hydrogen) atoms. The first-order chi connectivity index (χ1) is 9.65. The zero-order valence-corrected chi connectivity index (χ0v) is 14.3. The first-order valence-electron chi connectivity index (χ1n) is 7.36. The van der Waals surface area contributed by atoms with Crippen molar-refractivity contribution in [3.8, 4) is 5.75 Å². The summed E-state index contributed by atoms with van der Waals surface area (Å²) < 4.78 is 11.3.